The third-order valence-electron chi connectivity index (χ3n) is 4.62. The number of halogens is 1. The van der Waals surface area contributed by atoms with Gasteiger partial charge in [0.1, 0.15) is 12.4 Å². The van der Waals surface area contributed by atoms with Gasteiger partial charge in [0.25, 0.3) is 0 Å². The molecule has 0 aromatic heterocycles. The number of benzene rings is 3. The number of ether oxygens (including phenoxy) is 1. The molecule has 0 spiro atoms. The van der Waals surface area contributed by atoms with E-state index < -0.39 is 0 Å². The van der Waals surface area contributed by atoms with Gasteiger partial charge in [0, 0.05) is 28.7 Å². The van der Waals surface area contributed by atoms with Crippen molar-refractivity contribution in [2.75, 3.05) is 6.61 Å². The molecule has 136 valence electrons. The molecule has 26 heavy (non-hydrogen) atoms. The van der Waals surface area contributed by atoms with Crippen LogP contribution in [0.4, 0.5) is 0 Å². The lowest BCUT2D eigenvalue weighted by Gasteiger charge is -2.18. The minimum atomic E-state index is 0.0744. The minimum absolute atomic E-state index is 0.0744. The predicted octanol–water partition coefficient (Wildman–Crippen LogP) is 4.93. The van der Waals surface area contributed by atoms with E-state index in [0.717, 1.165) is 28.7 Å². The van der Waals surface area contributed by atoms with Gasteiger partial charge in [-0.3, -0.25) is 0 Å². The maximum Gasteiger partial charge on any atom is 0.124 e. The topological polar surface area (TPSA) is 41.5 Å². The van der Waals surface area contributed by atoms with E-state index in [1.54, 1.807) is 0 Å². The molecule has 0 radical (unpaired) electrons. The van der Waals surface area contributed by atoms with Gasteiger partial charge in [-0.25, -0.2) is 0 Å². The van der Waals surface area contributed by atoms with E-state index in [4.69, 9.17) is 16.3 Å². The largest absolute Gasteiger partial charge is 0.488 e. The molecule has 3 aromatic carbocycles. The summed E-state index contributed by atoms with van der Waals surface area (Å²) in [5, 5.41) is 15.9. The summed E-state index contributed by atoms with van der Waals surface area (Å²) in [6, 6.07) is 20.1. The number of hydrogen-bond donors (Lipinski definition) is 2. The maximum atomic E-state index is 9.46. The van der Waals surface area contributed by atoms with Crippen molar-refractivity contribution < 1.29 is 9.84 Å². The Labute approximate surface area is 159 Å². The minimum Gasteiger partial charge on any atom is -0.488 e. The molecule has 3 aromatic rings. The average molecular weight is 370 g/mol. The fourth-order valence-corrected chi connectivity index (χ4v) is 3.18. The van der Waals surface area contributed by atoms with E-state index >= 15 is 0 Å². The molecule has 3 rings (SSSR count). The van der Waals surface area contributed by atoms with E-state index in [1.165, 1.54) is 5.39 Å². The number of hydrogen-bond acceptors (Lipinski definition) is 3. The molecule has 1 atom stereocenters. The second-order valence-corrected chi connectivity index (χ2v) is 6.72. The molecular formula is C22H24ClNO2. The van der Waals surface area contributed by atoms with Gasteiger partial charge in [-0.2, -0.15) is 0 Å². The van der Waals surface area contributed by atoms with Crippen LogP contribution in [0.15, 0.2) is 60.7 Å². The van der Waals surface area contributed by atoms with Crippen LogP contribution in [0.25, 0.3) is 10.8 Å². The van der Waals surface area contributed by atoms with Gasteiger partial charge in [-0.15, -0.1) is 0 Å². The van der Waals surface area contributed by atoms with E-state index in [-0.39, 0.29) is 12.6 Å². The monoisotopic (exact) mass is 369 g/mol. The van der Waals surface area contributed by atoms with Crippen LogP contribution >= 0.6 is 11.6 Å². The molecule has 0 unspecified atom stereocenters. The highest BCUT2D eigenvalue weighted by Crippen LogP contribution is 2.29. The molecule has 0 saturated heterocycles. The van der Waals surface area contributed by atoms with Crippen LogP contribution in [0.5, 0.6) is 5.75 Å². The van der Waals surface area contributed by atoms with Crippen molar-refractivity contribution in [1.29, 1.82) is 0 Å². The van der Waals surface area contributed by atoms with Gasteiger partial charge in [-0.05, 0) is 29.3 Å². The van der Waals surface area contributed by atoms with E-state index in [9.17, 15) is 5.11 Å². The van der Waals surface area contributed by atoms with Crippen molar-refractivity contribution in [3.05, 3.63) is 76.8 Å². The lowest BCUT2D eigenvalue weighted by Crippen LogP contribution is -2.31. The lowest BCUT2D eigenvalue weighted by atomic mass is 10.0. The van der Waals surface area contributed by atoms with Crippen LogP contribution in [0.3, 0.4) is 0 Å². The molecular weight excluding hydrogens is 346 g/mol. The van der Waals surface area contributed by atoms with Crippen LogP contribution in [-0.4, -0.2) is 17.8 Å². The molecule has 0 heterocycles. The van der Waals surface area contributed by atoms with Gasteiger partial charge in [0.2, 0.25) is 0 Å². The van der Waals surface area contributed by atoms with Crippen molar-refractivity contribution in [2.24, 2.45) is 0 Å². The quantitative estimate of drug-likeness (QED) is 0.591. The van der Waals surface area contributed by atoms with Crippen LogP contribution in [0, 0.1) is 0 Å². The highest BCUT2D eigenvalue weighted by atomic mass is 35.5. The van der Waals surface area contributed by atoms with Crippen molar-refractivity contribution in [2.45, 2.75) is 32.5 Å². The first kappa shape index (κ1) is 18.7. The van der Waals surface area contributed by atoms with Gasteiger partial charge >= 0.3 is 0 Å². The second kappa shape index (κ2) is 9.04. The molecule has 0 aliphatic rings. The Hall–Kier alpha value is -2.07. The predicted molar refractivity (Wildman–Crippen MR) is 108 cm³/mol. The number of aliphatic hydroxyl groups excluding tert-OH is 1. The SMILES string of the molecule is CC[C@@H](CO)NCc1c(OCc2ccccc2Cl)ccc2ccccc12. The summed E-state index contributed by atoms with van der Waals surface area (Å²) in [5.41, 5.74) is 2.06. The van der Waals surface area contributed by atoms with Crippen LogP contribution < -0.4 is 10.1 Å². The van der Waals surface area contributed by atoms with Crippen molar-refractivity contribution in [3.8, 4) is 5.75 Å². The second-order valence-electron chi connectivity index (χ2n) is 6.31. The Morgan fingerprint density at radius 3 is 2.58 bits per heavy atom. The Kier molecular flexibility index (Phi) is 6.51. The number of nitrogens with one attached hydrogen (secondary N) is 1. The van der Waals surface area contributed by atoms with Crippen molar-refractivity contribution in [1.82, 2.24) is 5.32 Å². The summed E-state index contributed by atoms with van der Waals surface area (Å²) in [6.07, 6.45) is 0.872. The molecule has 0 saturated carbocycles. The van der Waals surface area contributed by atoms with E-state index in [1.807, 2.05) is 42.5 Å². The smallest absolute Gasteiger partial charge is 0.124 e. The first-order chi connectivity index (χ1) is 12.7. The summed E-state index contributed by atoms with van der Waals surface area (Å²) in [4.78, 5) is 0. The number of aliphatic hydroxyl groups is 1. The first-order valence-electron chi connectivity index (χ1n) is 8.94. The number of rotatable bonds is 8. The average Bonchev–Trinajstić information content (AvgIpc) is 2.68. The zero-order valence-electron chi connectivity index (χ0n) is 14.9. The number of fused-ring (bicyclic) bond motifs is 1. The van der Waals surface area contributed by atoms with Gasteiger partial charge in [-0.1, -0.05) is 67.1 Å². The Morgan fingerprint density at radius 2 is 1.81 bits per heavy atom. The normalized spacial score (nSPS) is 12.3. The van der Waals surface area contributed by atoms with E-state index in [2.05, 4.69) is 30.4 Å². The first-order valence-corrected chi connectivity index (χ1v) is 9.31. The third kappa shape index (κ3) is 4.36. The standard InChI is InChI=1S/C22H24ClNO2/c1-2-18(14-25)24-13-20-19-9-5-3-7-16(19)11-12-22(20)26-15-17-8-4-6-10-21(17)23/h3-12,18,24-25H,2,13-15H2,1H3/t18-/m0/s1. The fourth-order valence-electron chi connectivity index (χ4n) is 2.99. The highest BCUT2D eigenvalue weighted by molar-refractivity contribution is 6.31. The van der Waals surface area contributed by atoms with Crippen molar-refractivity contribution in [3.63, 3.8) is 0 Å². The van der Waals surface area contributed by atoms with Crippen LogP contribution in [0.2, 0.25) is 5.02 Å². The van der Waals surface area contributed by atoms with Crippen LogP contribution in [0.1, 0.15) is 24.5 Å². The summed E-state index contributed by atoms with van der Waals surface area (Å²) in [6.45, 7) is 3.24. The molecule has 2 N–H and O–H groups in total. The summed E-state index contributed by atoms with van der Waals surface area (Å²) in [5.74, 6) is 0.837. The molecule has 0 amide bonds. The zero-order chi connectivity index (χ0) is 18.4. The molecule has 3 nitrogen and oxygen atoms in total. The Bertz CT molecular complexity index is 862. The maximum absolute atomic E-state index is 9.46. The molecule has 0 aliphatic carbocycles. The molecule has 0 bridgehead atoms. The fraction of sp³-hybridized carbons (Fsp3) is 0.273. The zero-order valence-corrected chi connectivity index (χ0v) is 15.7. The van der Waals surface area contributed by atoms with E-state index in [0.29, 0.717) is 18.2 Å². The van der Waals surface area contributed by atoms with Crippen LogP contribution in [-0.2, 0) is 13.2 Å². The lowest BCUT2D eigenvalue weighted by molar-refractivity contribution is 0.237. The summed E-state index contributed by atoms with van der Waals surface area (Å²) >= 11 is 6.25. The van der Waals surface area contributed by atoms with Gasteiger partial charge < -0.3 is 15.2 Å². The Morgan fingerprint density at radius 1 is 1.04 bits per heavy atom. The van der Waals surface area contributed by atoms with Crippen molar-refractivity contribution >= 4 is 22.4 Å². The summed E-state index contributed by atoms with van der Waals surface area (Å²) in [7, 11) is 0. The third-order valence-corrected chi connectivity index (χ3v) is 4.99. The molecule has 0 fully saturated rings. The Balaban J connectivity index is 1.88. The summed E-state index contributed by atoms with van der Waals surface area (Å²) < 4.78 is 6.12. The van der Waals surface area contributed by atoms with Gasteiger partial charge in [0.15, 0.2) is 0 Å². The highest BCUT2D eigenvalue weighted by Gasteiger charge is 2.12. The van der Waals surface area contributed by atoms with Gasteiger partial charge in [0.05, 0.1) is 6.61 Å². The molecule has 0 aliphatic heterocycles. The molecule has 4 heteroatoms.